The summed E-state index contributed by atoms with van der Waals surface area (Å²) in [5.41, 5.74) is 0.111. The molecule has 5 nitrogen and oxygen atoms in total. The highest BCUT2D eigenvalue weighted by molar-refractivity contribution is 7.90. The summed E-state index contributed by atoms with van der Waals surface area (Å²) in [6.45, 7) is 2.36. The van der Waals surface area contributed by atoms with Crippen molar-refractivity contribution in [1.29, 1.82) is 0 Å². The van der Waals surface area contributed by atoms with Crippen molar-refractivity contribution in [2.45, 2.75) is 36.5 Å². The van der Waals surface area contributed by atoms with Crippen LogP contribution in [0.15, 0.2) is 59.5 Å². The molecule has 0 spiro atoms. The van der Waals surface area contributed by atoms with Crippen LogP contribution in [0.5, 0.6) is 5.75 Å². The van der Waals surface area contributed by atoms with Crippen LogP contribution in [0.2, 0.25) is 0 Å². The molecule has 1 saturated carbocycles. The zero-order chi connectivity index (χ0) is 17.9. The van der Waals surface area contributed by atoms with Gasteiger partial charge < -0.3 is 4.74 Å². The van der Waals surface area contributed by atoms with Gasteiger partial charge in [0.05, 0.1) is 16.9 Å². The second-order valence-corrected chi connectivity index (χ2v) is 7.82. The predicted molar refractivity (Wildman–Crippen MR) is 94.9 cm³/mol. The van der Waals surface area contributed by atoms with Crippen LogP contribution in [-0.2, 0) is 20.2 Å². The molecule has 0 unspecified atom stereocenters. The summed E-state index contributed by atoms with van der Waals surface area (Å²) in [6.07, 6.45) is 2.22. The van der Waals surface area contributed by atoms with Gasteiger partial charge in [-0.3, -0.25) is 4.79 Å². The van der Waals surface area contributed by atoms with Crippen molar-refractivity contribution in [3.05, 3.63) is 60.2 Å². The highest BCUT2D eigenvalue weighted by atomic mass is 32.2. The summed E-state index contributed by atoms with van der Waals surface area (Å²) in [6, 6.07) is 15.4. The number of amides is 1. The Morgan fingerprint density at radius 3 is 2.24 bits per heavy atom. The Morgan fingerprint density at radius 1 is 1.08 bits per heavy atom. The third-order valence-electron chi connectivity index (χ3n) is 4.64. The number of carbonyl (C=O) groups excluding carboxylic acids is 1. The van der Waals surface area contributed by atoms with Gasteiger partial charge in [0, 0.05) is 0 Å². The summed E-state index contributed by atoms with van der Waals surface area (Å²) in [5, 5.41) is 0. The van der Waals surface area contributed by atoms with Crippen molar-refractivity contribution in [2.75, 3.05) is 6.61 Å². The molecule has 0 saturated heterocycles. The van der Waals surface area contributed by atoms with E-state index in [1.807, 2.05) is 37.3 Å². The van der Waals surface area contributed by atoms with Gasteiger partial charge in [0.25, 0.3) is 10.0 Å². The van der Waals surface area contributed by atoms with Crippen molar-refractivity contribution in [3.63, 3.8) is 0 Å². The number of rotatable bonds is 6. The zero-order valence-electron chi connectivity index (χ0n) is 14.1. The fourth-order valence-electron chi connectivity index (χ4n) is 3.09. The lowest BCUT2D eigenvalue weighted by molar-refractivity contribution is -0.128. The molecule has 1 aliphatic carbocycles. The van der Waals surface area contributed by atoms with Crippen LogP contribution >= 0.6 is 0 Å². The molecule has 2 aromatic rings. The molecule has 0 aliphatic heterocycles. The van der Waals surface area contributed by atoms with E-state index in [1.54, 1.807) is 12.1 Å². The fraction of sp³-hybridized carbons (Fsp3) is 0.316. The van der Waals surface area contributed by atoms with Gasteiger partial charge in [0.1, 0.15) is 5.75 Å². The number of hydrogen-bond donors (Lipinski definition) is 1. The molecule has 6 heteroatoms. The lowest BCUT2D eigenvalue weighted by atomic mass is 9.64. The molecule has 1 aliphatic rings. The first-order valence-corrected chi connectivity index (χ1v) is 9.82. The average Bonchev–Trinajstić information content (AvgIpc) is 2.55. The maximum atomic E-state index is 12.8. The van der Waals surface area contributed by atoms with Gasteiger partial charge in [-0.2, -0.15) is 0 Å². The molecule has 2 aromatic carbocycles. The van der Waals surface area contributed by atoms with Crippen LogP contribution in [0, 0.1) is 0 Å². The first kappa shape index (κ1) is 17.5. The van der Waals surface area contributed by atoms with Crippen LogP contribution in [0.25, 0.3) is 0 Å². The first-order chi connectivity index (χ1) is 12.0. The van der Waals surface area contributed by atoms with Crippen LogP contribution in [0.4, 0.5) is 0 Å². The van der Waals surface area contributed by atoms with Gasteiger partial charge in [-0.1, -0.05) is 36.8 Å². The summed E-state index contributed by atoms with van der Waals surface area (Å²) < 4.78 is 32.7. The van der Waals surface area contributed by atoms with E-state index in [4.69, 9.17) is 4.74 Å². The van der Waals surface area contributed by atoms with E-state index in [0.717, 1.165) is 12.0 Å². The molecule has 132 valence electrons. The number of carbonyl (C=O) groups is 1. The molecule has 1 fully saturated rings. The quantitative estimate of drug-likeness (QED) is 0.860. The third-order valence-corrected chi connectivity index (χ3v) is 5.99. The Kier molecular flexibility index (Phi) is 4.81. The topological polar surface area (TPSA) is 72.5 Å². The van der Waals surface area contributed by atoms with Crippen molar-refractivity contribution >= 4 is 15.9 Å². The lowest BCUT2D eigenvalue weighted by Crippen LogP contribution is -2.50. The van der Waals surface area contributed by atoms with Crippen molar-refractivity contribution < 1.29 is 17.9 Å². The Balaban J connectivity index is 1.81. The number of hydrogen-bond acceptors (Lipinski definition) is 4. The monoisotopic (exact) mass is 359 g/mol. The van der Waals surface area contributed by atoms with Gasteiger partial charge in [-0.05, 0) is 49.6 Å². The van der Waals surface area contributed by atoms with Gasteiger partial charge in [0.15, 0.2) is 0 Å². The molecule has 0 radical (unpaired) electrons. The number of ether oxygens (including phenoxy) is 1. The number of sulfonamides is 1. The molecule has 0 atom stereocenters. The maximum Gasteiger partial charge on any atom is 0.264 e. The SMILES string of the molecule is CCOc1ccc(S(=O)(=O)NC(=O)C2(c3ccccc3)CCC2)cc1. The highest BCUT2D eigenvalue weighted by Crippen LogP contribution is 2.44. The summed E-state index contributed by atoms with van der Waals surface area (Å²) in [5.74, 6) is 0.131. The van der Waals surface area contributed by atoms with Gasteiger partial charge in [0.2, 0.25) is 5.91 Å². The minimum absolute atomic E-state index is 0.0480. The van der Waals surface area contributed by atoms with E-state index in [9.17, 15) is 13.2 Å². The zero-order valence-corrected chi connectivity index (χ0v) is 14.9. The molecule has 3 rings (SSSR count). The van der Waals surface area contributed by atoms with Gasteiger partial charge >= 0.3 is 0 Å². The fourth-order valence-corrected chi connectivity index (χ4v) is 4.15. The molecule has 1 N–H and O–H groups in total. The van der Waals surface area contributed by atoms with E-state index < -0.39 is 21.3 Å². The number of benzene rings is 2. The smallest absolute Gasteiger partial charge is 0.264 e. The number of nitrogens with one attached hydrogen (secondary N) is 1. The van der Waals surface area contributed by atoms with Crippen LogP contribution < -0.4 is 9.46 Å². The Morgan fingerprint density at radius 2 is 1.72 bits per heavy atom. The van der Waals surface area contributed by atoms with Crippen molar-refractivity contribution in [2.24, 2.45) is 0 Å². The van der Waals surface area contributed by atoms with E-state index in [1.165, 1.54) is 12.1 Å². The molecule has 25 heavy (non-hydrogen) atoms. The summed E-state index contributed by atoms with van der Waals surface area (Å²) in [7, 11) is -3.91. The molecule has 0 bridgehead atoms. The minimum atomic E-state index is -3.91. The van der Waals surface area contributed by atoms with E-state index >= 15 is 0 Å². The minimum Gasteiger partial charge on any atom is -0.494 e. The standard InChI is InChI=1S/C19H21NO4S/c1-2-24-16-9-11-17(12-10-16)25(22,23)20-18(21)19(13-6-14-19)15-7-4-3-5-8-15/h3-5,7-12H,2,6,13-14H2,1H3,(H,20,21). The summed E-state index contributed by atoms with van der Waals surface area (Å²) in [4.78, 5) is 12.8. The summed E-state index contributed by atoms with van der Waals surface area (Å²) >= 11 is 0. The van der Waals surface area contributed by atoms with Crippen molar-refractivity contribution in [1.82, 2.24) is 4.72 Å². The molecule has 0 aromatic heterocycles. The average molecular weight is 359 g/mol. The Hall–Kier alpha value is -2.34. The molecule has 0 heterocycles. The van der Waals surface area contributed by atoms with Gasteiger partial charge in [-0.25, -0.2) is 13.1 Å². The third kappa shape index (κ3) is 3.39. The van der Waals surface area contributed by atoms with Crippen LogP contribution in [0.3, 0.4) is 0 Å². The lowest BCUT2D eigenvalue weighted by Gasteiger charge is -2.40. The second-order valence-electron chi connectivity index (χ2n) is 6.14. The van der Waals surface area contributed by atoms with Crippen molar-refractivity contribution in [3.8, 4) is 5.75 Å². The normalized spacial score (nSPS) is 15.9. The molecule has 1 amide bonds. The Labute approximate surface area is 148 Å². The Bertz CT molecular complexity index is 841. The first-order valence-electron chi connectivity index (χ1n) is 8.33. The van der Waals surface area contributed by atoms with Crippen LogP contribution in [0.1, 0.15) is 31.7 Å². The van der Waals surface area contributed by atoms with E-state index in [2.05, 4.69) is 4.72 Å². The van der Waals surface area contributed by atoms with E-state index in [0.29, 0.717) is 25.2 Å². The molecular formula is C19H21NO4S. The van der Waals surface area contributed by atoms with Crippen LogP contribution in [-0.4, -0.2) is 20.9 Å². The largest absolute Gasteiger partial charge is 0.494 e. The highest BCUT2D eigenvalue weighted by Gasteiger charge is 2.46. The van der Waals surface area contributed by atoms with E-state index in [-0.39, 0.29) is 4.90 Å². The predicted octanol–water partition coefficient (Wildman–Crippen LogP) is 3.01. The maximum absolute atomic E-state index is 12.8. The second kappa shape index (κ2) is 6.88. The van der Waals surface area contributed by atoms with Gasteiger partial charge in [-0.15, -0.1) is 0 Å². The molecular weight excluding hydrogens is 338 g/mol.